The van der Waals surface area contributed by atoms with Crippen molar-refractivity contribution in [2.45, 2.75) is 46.6 Å². The van der Waals surface area contributed by atoms with Crippen LogP contribution >= 0.6 is 0 Å². The second-order valence-corrected chi connectivity index (χ2v) is 5.83. The van der Waals surface area contributed by atoms with E-state index in [1.807, 2.05) is 6.92 Å². The summed E-state index contributed by atoms with van der Waals surface area (Å²) in [5.41, 5.74) is 4.47. The molecule has 0 aliphatic heterocycles. The van der Waals surface area contributed by atoms with Gasteiger partial charge in [0.2, 0.25) is 5.91 Å². The van der Waals surface area contributed by atoms with Gasteiger partial charge in [-0.2, -0.15) is 0 Å². The summed E-state index contributed by atoms with van der Waals surface area (Å²) in [7, 11) is 0. The lowest BCUT2D eigenvalue weighted by Crippen LogP contribution is -2.54. The molecular formula is C13H25N3O4. The largest absolute Gasteiger partial charge is 0.480 e. The second kappa shape index (κ2) is 7.72. The molecule has 0 bridgehead atoms. The van der Waals surface area contributed by atoms with Crippen LogP contribution in [0.1, 0.15) is 40.5 Å². The fourth-order valence-corrected chi connectivity index (χ4v) is 1.65. The van der Waals surface area contributed by atoms with E-state index in [9.17, 15) is 19.5 Å². The summed E-state index contributed by atoms with van der Waals surface area (Å²) >= 11 is 0. The van der Waals surface area contributed by atoms with Crippen LogP contribution in [-0.4, -0.2) is 47.0 Å². The highest BCUT2D eigenvalue weighted by atomic mass is 16.4. The van der Waals surface area contributed by atoms with Crippen molar-refractivity contribution in [1.82, 2.24) is 10.2 Å². The Morgan fingerprint density at radius 2 is 1.85 bits per heavy atom. The minimum atomic E-state index is -1.11. The maximum absolute atomic E-state index is 12.1. The number of hydrogen-bond acceptors (Lipinski definition) is 3. The number of aliphatic carboxylic acids is 1. The average Bonchev–Trinajstić information content (AvgIpc) is 2.28. The van der Waals surface area contributed by atoms with E-state index in [0.717, 1.165) is 6.42 Å². The summed E-state index contributed by atoms with van der Waals surface area (Å²) in [6.45, 7) is 7.25. The molecule has 0 aromatic rings. The number of amides is 3. The zero-order chi connectivity index (χ0) is 15.9. The van der Waals surface area contributed by atoms with Gasteiger partial charge in [-0.3, -0.25) is 4.79 Å². The van der Waals surface area contributed by atoms with Gasteiger partial charge in [-0.25, -0.2) is 9.59 Å². The van der Waals surface area contributed by atoms with Gasteiger partial charge in [0.25, 0.3) is 0 Å². The first-order valence-corrected chi connectivity index (χ1v) is 6.66. The molecule has 116 valence electrons. The molecular weight excluding hydrogens is 262 g/mol. The Hall–Kier alpha value is -1.79. The maximum atomic E-state index is 12.1. The van der Waals surface area contributed by atoms with Crippen molar-refractivity contribution < 1.29 is 19.5 Å². The molecule has 7 nitrogen and oxygen atoms in total. The number of nitrogens with zero attached hydrogens (tertiary/aromatic N) is 1. The lowest BCUT2D eigenvalue weighted by Gasteiger charge is -2.30. The summed E-state index contributed by atoms with van der Waals surface area (Å²) in [5.74, 6) is -1.74. The number of nitrogens with two attached hydrogens (primary N) is 1. The molecule has 0 aromatic heterocycles. The van der Waals surface area contributed by atoms with Crippen LogP contribution in [0, 0.1) is 5.41 Å². The lowest BCUT2D eigenvalue weighted by atomic mass is 9.87. The summed E-state index contributed by atoms with van der Waals surface area (Å²) in [4.78, 5) is 35.5. The van der Waals surface area contributed by atoms with Gasteiger partial charge in [0.15, 0.2) is 0 Å². The maximum Gasteiger partial charge on any atom is 0.326 e. The van der Waals surface area contributed by atoms with Crippen molar-refractivity contribution in [3.05, 3.63) is 0 Å². The van der Waals surface area contributed by atoms with E-state index in [0.29, 0.717) is 13.0 Å². The molecule has 0 radical (unpaired) electrons. The minimum Gasteiger partial charge on any atom is -0.480 e. The van der Waals surface area contributed by atoms with Crippen LogP contribution in [0.15, 0.2) is 0 Å². The number of unbranched alkanes of at least 4 members (excludes halogenated alkanes) is 1. The van der Waals surface area contributed by atoms with Gasteiger partial charge in [0.1, 0.15) is 12.6 Å². The van der Waals surface area contributed by atoms with E-state index in [1.54, 1.807) is 20.8 Å². The summed E-state index contributed by atoms with van der Waals surface area (Å²) in [6, 6.07) is -1.62. The topological polar surface area (TPSA) is 113 Å². The molecule has 1 unspecified atom stereocenters. The van der Waals surface area contributed by atoms with E-state index < -0.39 is 29.4 Å². The second-order valence-electron chi connectivity index (χ2n) is 5.83. The Balaban J connectivity index is 4.87. The van der Waals surface area contributed by atoms with Crippen molar-refractivity contribution in [1.29, 1.82) is 0 Å². The molecule has 0 aliphatic carbocycles. The first kappa shape index (κ1) is 18.2. The van der Waals surface area contributed by atoms with Crippen LogP contribution in [0.3, 0.4) is 0 Å². The molecule has 0 fully saturated rings. The van der Waals surface area contributed by atoms with Gasteiger partial charge < -0.3 is 21.1 Å². The van der Waals surface area contributed by atoms with E-state index >= 15 is 0 Å². The normalized spacial score (nSPS) is 12.6. The third kappa shape index (κ3) is 6.40. The van der Waals surface area contributed by atoms with Crippen LogP contribution in [-0.2, 0) is 9.59 Å². The highest BCUT2D eigenvalue weighted by Crippen LogP contribution is 2.19. The van der Waals surface area contributed by atoms with Gasteiger partial charge in [0.05, 0.1) is 0 Å². The summed E-state index contributed by atoms with van der Waals surface area (Å²) in [6.07, 6.45) is 1.57. The molecule has 20 heavy (non-hydrogen) atoms. The fourth-order valence-electron chi connectivity index (χ4n) is 1.65. The predicted molar refractivity (Wildman–Crippen MR) is 75.1 cm³/mol. The number of carboxylic acid groups (broad SMARTS) is 1. The van der Waals surface area contributed by atoms with Crippen molar-refractivity contribution in [2.24, 2.45) is 11.1 Å². The third-order valence-electron chi connectivity index (χ3n) is 2.80. The Morgan fingerprint density at radius 1 is 1.30 bits per heavy atom. The quantitative estimate of drug-likeness (QED) is 0.642. The Labute approximate surface area is 119 Å². The molecule has 7 heteroatoms. The zero-order valence-electron chi connectivity index (χ0n) is 12.6. The zero-order valence-corrected chi connectivity index (χ0v) is 12.6. The molecule has 0 aromatic carbocycles. The van der Waals surface area contributed by atoms with Crippen molar-refractivity contribution in [2.75, 3.05) is 13.1 Å². The van der Waals surface area contributed by atoms with Gasteiger partial charge in [0, 0.05) is 6.54 Å². The molecule has 1 atom stereocenters. The first-order valence-electron chi connectivity index (χ1n) is 6.66. The highest BCUT2D eigenvalue weighted by Gasteiger charge is 2.33. The molecule has 0 heterocycles. The van der Waals surface area contributed by atoms with E-state index in [2.05, 4.69) is 5.32 Å². The predicted octanol–water partition coefficient (Wildman–Crippen LogP) is 0.783. The van der Waals surface area contributed by atoms with Crippen LogP contribution in [0.5, 0.6) is 0 Å². The van der Waals surface area contributed by atoms with Crippen molar-refractivity contribution in [3.63, 3.8) is 0 Å². The van der Waals surface area contributed by atoms with Gasteiger partial charge in [-0.05, 0) is 11.8 Å². The molecule has 0 rings (SSSR count). The number of hydrogen-bond donors (Lipinski definition) is 3. The molecule has 3 amide bonds. The number of carbonyl (C=O) groups excluding carboxylic acids is 2. The number of carbonyl (C=O) groups is 3. The molecule has 4 N–H and O–H groups in total. The van der Waals surface area contributed by atoms with E-state index in [1.165, 1.54) is 4.90 Å². The molecule has 0 spiro atoms. The summed E-state index contributed by atoms with van der Waals surface area (Å²) in [5, 5.41) is 11.6. The number of urea groups is 1. The van der Waals surface area contributed by atoms with Gasteiger partial charge >= 0.3 is 12.0 Å². The van der Waals surface area contributed by atoms with Crippen LogP contribution in [0.25, 0.3) is 0 Å². The SMILES string of the molecule is CCCCN(CC(N)=O)C(=O)NC(C(=O)O)C(C)(C)C. The molecule has 0 aliphatic rings. The van der Waals surface area contributed by atoms with Gasteiger partial charge in [-0.15, -0.1) is 0 Å². The monoisotopic (exact) mass is 287 g/mol. The number of carboxylic acids is 1. The molecule has 0 saturated carbocycles. The summed E-state index contributed by atoms with van der Waals surface area (Å²) < 4.78 is 0. The average molecular weight is 287 g/mol. The third-order valence-corrected chi connectivity index (χ3v) is 2.80. The Bertz CT molecular complexity index is 363. The standard InChI is InChI=1S/C13H25N3O4/c1-5-6-7-16(8-9(14)17)12(20)15-10(11(18)19)13(2,3)4/h10H,5-8H2,1-4H3,(H2,14,17)(H,15,20)(H,18,19). The number of primary amides is 1. The highest BCUT2D eigenvalue weighted by molar-refractivity contribution is 5.86. The van der Waals surface area contributed by atoms with Crippen LogP contribution in [0.2, 0.25) is 0 Å². The molecule has 0 saturated heterocycles. The number of rotatable bonds is 7. The Kier molecular flexibility index (Phi) is 7.02. The smallest absolute Gasteiger partial charge is 0.326 e. The van der Waals surface area contributed by atoms with E-state index in [4.69, 9.17) is 5.73 Å². The Morgan fingerprint density at radius 3 is 2.20 bits per heavy atom. The van der Waals surface area contributed by atoms with Crippen LogP contribution in [0.4, 0.5) is 4.79 Å². The van der Waals surface area contributed by atoms with Gasteiger partial charge in [-0.1, -0.05) is 34.1 Å². The minimum absolute atomic E-state index is 0.220. The van der Waals surface area contributed by atoms with Crippen LogP contribution < -0.4 is 11.1 Å². The van der Waals surface area contributed by atoms with Crippen molar-refractivity contribution in [3.8, 4) is 0 Å². The van der Waals surface area contributed by atoms with E-state index in [-0.39, 0.29) is 6.54 Å². The first-order chi connectivity index (χ1) is 9.09. The number of nitrogens with one attached hydrogen (secondary N) is 1. The van der Waals surface area contributed by atoms with Crippen molar-refractivity contribution >= 4 is 17.9 Å². The fraction of sp³-hybridized carbons (Fsp3) is 0.769. The lowest BCUT2D eigenvalue weighted by molar-refractivity contribution is -0.142.